The molecule has 0 unspecified atom stereocenters. The molecule has 1 aromatic heterocycles. The van der Waals surface area contributed by atoms with Crippen LogP contribution in [-0.2, 0) is 0 Å². The monoisotopic (exact) mass is 389 g/mol. The number of carbonyl (C=O) groups excluding carboxylic acids is 1. The summed E-state index contributed by atoms with van der Waals surface area (Å²) < 4.78 is 5.67. The molecular weight excluding hydrogens is 370 g/mol. The normalized spacial score (nSPS) is 11.1. The molecule has 0 aliphatic carbocycles. The summed E-state index contributed by atoms with van der Waals surface area (Å²) in [5.41, 5.74) is 1.39. The first-order valence-electron chi connectivity index (χ1n) is 9.00. The average Bonchev–Trinajstić information content (AvgIpc) is 3.16. The van der Waals surface area contributed by atoms with Crippen molar-refractivity contribution in [3.05, 3.63) is 72.3 Å². The zero-order valence-corrected chi connectivity index (χ0v) is 16.4. The summed E-state index contributed by atoms with van der Waals surface area (Å²) in [5.74, 6) is 0.0931. The van der Waals surface area contributed by atoms with Crippen molar-refractivity contribution in [1.82, 2.24) is 10.2 Å². The molecule has 5 nitrogen and oxygen atoms in total. The van der Waals surface area contributed by atoms with Crippen LogP contribution in [-0.4, -0.2) is 21.4 Å². The van der Waals surface area contributed by atoms with E-state index < -0.39 is 0 Å². The summed E-state index contributed by atoms with van der Waals surface area (Å²) in [6.45, 7) is 4.29. The number of amides is 1. The molecule has 1 N–H and O–H groups in total. The molecule has 4 aromatic rings. The maximum absolute atomic E-state index is 12.7. The summed E-state index contributed by atoms with van der Waals surface area (Å²) in [4.78, 5) is 13.8. The zero-order chi connectivity index (χ0) is 19.5. The maximum Gasteiger partial charge on any atom is 0.322 e. The average molecular weight is 389 g/mol. The number of benzene rings is 3. The van der Waals surface area contributed by atoms with Gasteiger partial charge in [0.15, 0.2) is 0 Å². The molecule has 0 aliphatic heterocycles. The highest BCUT2D eigenvalue weighted by Crippen LogP contribution is 2.28. The fraction of sp³-hybridized carbons (Fsp3) is 0.136. The lowest BCUT2D eigenvalue weighted by Gasteiger charge is -2.06. The van der Waals surface area contributed by atoms with Crippen LogP contribution in [0.15, 0.2) is 76.0 Å². The van der Waals surface area contributed by atoms with Crippen molar-refractivity contribution in [3.8, 4) is 11.5 Å². The van der Waals surface area contributed by atoms with E-state index in [0.29, 0.717) is 16.7 Å². The van der Waals surface area contributed by atoms with Gasteiger partial charge >= 0.3 is 6.01 Å². The van der Waals surface area contributed by atoms with Gasteiger partial charge in [0.2, 0.25) is 5.89 Å². The van der Waals surface area contributed by atoms with E-state index in [1.54, 1.807) is 17.8 Å². The molecule has 0 bridgehead atoms. The highest BCUT2D eigenvalue weighted by molar-refractivity contribution is 7.99. The maximum atomic E-state index is 12.7. The first-order valence-corrected chi connectivity index (χ1v) is 9.88. The first kappa shape index (κ1) is 18.3. The van der Waals surface area contributed by atoms with E-state index in [1.165, 1.54) is 0 Å². The minimum absolute atomic E-state index is 0.0786. The minimum Gasteiger partial charge on any atom is -0.403 e. The number of hydrogen-bond acceptors (Lipinski definition) is 5. The third-order valence-corrected chi connectivity index (χ3v) is 5.13. The van der Waals surface area contributed by atoms with Crippen LogP contribution >= 0.6 is 11.8 Å². The first-order chi connectivity index (χ1) is 13.6. The van der Waals surface area contributed by atoms with Crippen LogP contribution in [0, 0.1) is 0 Å². The van der Waals surface area contributed by atoms with Crippen LogP contribution in [0.2, 0.25) is 0 Å². The van der Waals surface area contributed by atoms with Gasteiger partial charge in [0, 0.05) is 21.3 Å². The largest absolute Gasteiger partial charge is 0.403 e. The Labute approximate surface area is 167 Å². The Balaban J connectivity index is 1.56. The number of thioether (sulfide) groups is 1. The number of hydrogen-bond donors (Lipinski definition) is 1. The lowest BCUT2D eigenvalue weighted by atomic mass is 10.0. The second-order valence-electron chi connectivity index (χ2n) is 6.59. The number of anilines is 1. The molecule has 0 aliphatic rings. The fourth-order valence-electron chi connectivity index (χ4n) is 2.95. The molecule has 28 heavy (non-hydrogen) atoms. The number of nitrogens with zero attached hydrogens (tertiary/aromatic N) is 2. The van der Waals surface area contributed by atoms with Crippen LogP contribution in [0.3, 0.4) is 0 Å². The molecule has 6 heteroatoms. The van der Waals surface area contributed by atoms with Gasteiger partial charge in [-0.1, -0.05) is 61.4 Å². The summed E-state index contributed by atoms with van der Waals surface area (Å²) in [6.07, 6.45) is 0. The SMILES string of the molecule is CC(C)Sc1cccc(-c2nnc(NC(=O)c3cccc4ccccc34)o2)c1. The second-order valence-corrected chi connectivity index (χ2v) is 8.24. The quantitative estimate of drug-likeness (QED) is 0.447. The summed E-state index contributed by atoms with van der Waals surface area (Å²) in [5, 5.41) is 13.1. The van der Waals surface area contributed by atoms with E-state index in [9.17, 15) is 4.79 Å². The van der Waals surface area contributed by atoms with Gasteiger partial charge < -0.3 is 4.42 Å². The standard InChI is InChI=1S/C22H19N3O2S/c1-14(2)28-17-10-5-9-16(13-17)21-24-25-22(27-21)23-20(26)19-12-6-8-15-7-3-4-11-18(15)19/h3-14H,1-2H3,(H,23,25,26). The Bertz CT molecular complexity index is 1130. The van der Waals surface area contributed by atoms with Gasteiger partial charge in [-0.2, -0.15) is 0 Å². The van der Waals surface area contributed by atoms with Crippen molar-refractivity contribution in [2.45, 2.75) is 24.0 Å². The van der Waals surface area contributed by atoms with E-state index in [-0.39, 0.29) is 11.9 Å². The summed E-state index contributed by atoms with van der Waals surface area (Å²) >= 11 is 1.76. The second kappa shape index (κ2) is 7.86. The fourth-order valence-corrected chi connectivity index (χ4v) is 3.85. The van der Waals surface area contributed by atoms with Gasteiger partial charge in [0.25, 0.3) is 5.91 Å². The van der Waals surface area contributed by atoms with Crippen molar-refractivity contribution in [2.24, 2.45) is 0 Å². The lowest BCUT2D eigenvalue weighted by Crippen LogP contribution is -2.12. The number of nitrogens with one attached hydrogen (secondary N) is 1. The van der Waals surface area contributed by atoms with E-state index in [0.717, 1.165) is 21.2 Å². The van der Waals surface area contributed by atoms with Crippen molar-refractivity contribution >= 4 is 34.5 Å². The van der Waals surface area contributed by atoms with Crippen molar-refractivity contribution in [2.75, 3.05) is 5.32 Å². The summed E-state index contributed by atoms with van der Waals surface area (Å²) in [6, 6.07) is 21.4. The van der Waals surface area contributed by atoms with Gasteiger partial charge in [-0.15, -0.1) is 16.9 Å². The molecule has 3 aromatic carbocycles. The van der Waals surface area contributed by atoms with E-state index >= 15 is 0 Å². The lowest BCUT2D eigenvalue weighted by molar-refractivity contribution is 0.102. The third kappa shape index (κ3) is 3.92. The number of carbonyl (C=O) groups is 1. The van der Waals surface area contributed by atoms with Gasteiger partial charge in [0.1, 0.15) is 0 Å². The highest BCUT2D eigenvalue weighted by Gasteiger charge is 2.15. The molecule has 0 spiro atoms. The molecule has 1 amide bonds. The predicted octanol–water partition coefficient (Wildman–Crippen LogP) is 5.64. The van der Waals surface area contributed by atoms with Crippen molar-refractivity contribution in [1.29, 1.82) is 0 Å². The van der Waals surface area contributed by atoms with E-state index in [4.69, 9.17) is 4.42 Å². The van der Waals surface area contributed by atoms with Crippen LogP contribution in [0.25, 0.3) is 22.2 Å². The predicted molar refractivity (Wildman–Crippen MR) is 113 cm³/mol. The molecule has 0 fully saturated rings. The van der Waals surface area contributed by atoms with Crippen LogP contribution < -0.4 is 5.32 Å². The molecule has 0 radical (unpaired) electrons. The Morgan fingerprint density at radius 1 is 1.00 bits per heavy atom. The van der Waals surface area contributed by atoms with Crippen molar-refractivity contribution in [3.63, 3.8) is 0 Å². The number of fused-ring (bicyclic) bond motifs is 1. The molecule has 4 rings (SSSR count). The molecule has 140 valence electrons. The van der Waals surface area contributed by atoms with Crippen LogP contribution in [0.1, 0.15) is 24.2 Å². The smallest absolute Gasteiger partial charge is 0.322 e. The molecule has 0 atom stereocenters. The molecule has 1 heterocycles. The highest BCUT2D eigenvalue weighted by atomic mass is 32.2. The Hall–Kier alpha value is -3.12. The van der Waals surface area contributed by atoms with Gasteiger partial charge in [-0.05, 0) is 35.0 Å². The van der Waals surface area contributed by atoms with E-state index in [2.05, 4.69) is 29.4 Å². The number of aromatic nitrogens is 2. The molecular formula is C22H19N3O2S. The molecule has 0 saturated heterocycles. The van der Waals surface area contributed by atoms with Crippen molar-refractivity contribution < 1.29 is 9.21 Å². The van der Waals surface area contributed by atoms with Crippen LogP contribution in [0.4, 0.5) is 6.01 Å². The zero-order valence-electron chi connectivity index (χ0n) is 15.5. The van der Waals surface area contributed by atoms with Crippen LogP contribution in [0.5, 0.6) is 0 Å². The Morgan fingerprint density at radius 3 is 2.64 bits per heavy atom. The number of rotatable bonds is 5. The third-order valence-electron chi connectivity index (χ3n) is 4.13. The summed E-state index contributed by atoms with van der Waals surface area (Å²) in [7, 11) is 0. The van der Waals surface area contributed by atoms with Gasteiger partial charge in [-0.25, -0.2) is 0 Å². The Kier molecular flexibility index (Phi) is 5.12. The minimum atomic E-state index is -0.281. The van der Waals surface area contributed by atoms with E-state index in [1.807, 2.05) is 60.7 Å². The Morgan fingerprint density at radius 2 is 1.79 bits per heavy atom. The molecule has 0 saturated carbocycles. The van der Waals surface area contributed by atoms with Gasteiger partial charge in [0.05, 0.1) is 0 Å². The van der Waals surface area contributed by atoms with Gasteiger partial charge in [-0.3, -0.25) is 10.1 Å². The topological polar surface area (TPSA) is 68.0 Å².